The first-order chi connectivity index (χ1) is 7.15. The third kappa shape index (κ3) is 3.82. The van der Waals surface area contributed by atoms with Crippen molar-refractivity contribution >= 4 is 5.97 Å². The van der Waals surface area contributed by atoms with Crippen LogP contribution in [0.15, 0.2) is 0 Å². The second-order valence-electron chi connectivity index (χ2n) is 4.76. The number of carbonyl (C=O) groups excluding carboxylic acids is 1. The van der Waals surface area contributed by atoms with Crippen LogP contribution in [0.25, 0.3) is 0 Å². The standard InChI is InChI=1S/C12H23NO2/c1-9(2)11(12(14)15-3)8-13-10-6-4-5-7-10/h9-11,13H,4-8H2,1-3H3. The summed E-state index contributed by atoms with van der Waals surface area (Å²) in [6, 6.07) is 0.621. The van der Waals surface area contributed by atoms with Crippen LogP contribution in [0.4, 0.5) is 0 Å². The van der Waals surface area contributed by atoms with Crippen LogP contribution in [-0.4, -0.2) is 25.7 Å². The quantitative estimate of drug-likeness (QED) is 0.709. The van der Waals surface area contributed by atoms with Gasteiger partial charge in [0.05, 0.1) is 13.0 Å². The molecule has 0 aliphatic heterocycles. The zero-order chi connectivity index (χ0) is 11.3. The highest BCUT2D eigenvalue weighted by Gasteiger charge is 2.24. The number of hydrogen-bond acceptors (Lipinski definition) is 3. The number of rotatable bonds is 5. The van der Waals surface area contributed by atoms with E-state index >= 15 is 0 Å². The van der Waals surface area contributed by atoms with Gasteiger partial charge in [0.15, 0.2) is 0 Å². The summed E-state index contributed by atoms with van der Waals surface area (Å²) in [5.74, 6) is 0.248. The Morgan fingerprint density at radius 2 is 2.00 bits per heavy atom. The van der Waals surface area contributed by atoms with E-state index in [0.717, 1.165) is 6.54 Å². The van der Waals surface area contributed by atoms with Crippen LogP contribution in [0.1, 0.15) is 39.5 Å². The molecule has 0 aromatic heterocycles. The molecule has 1 fully saturated rings. The van der Waals surface area contributed by atoms with Crippen LogP contribution in [-0.2, 0) is 9.53 Å². The van der Waals surface area contributed by atoms with Gasteiger partial charge in [-0.25, -0.2) is 0 Å². The van der Waals surface area contributed by atoms with Crippen molar-refractivity contribution in [2.24, 2.45) is 11.8 Å². The first kappa shape index (κ1) is 12.5. The molecule has 0 heterocycles. The summed E-state index contributed by atoms with van der Waals surface area (Å²) in [6.07, 6.45) is 5.16. The summed E-state index contributed by atoms with van der Waals surface area (Å²) in [4.78, 5) is 11.5. The van der Waals surface area contributed by atoms with Crippen LogP contribution in [0, 0.1) is 11.8 Å². The topological polar surface area (TPSA) is 38.3 Å². The Kier molecular flexibility index (Phi) is 5.09. The fraction of sp³-hybridized carbons (Fsp3) is 0.917. The summed E-state index contributed by atoms with van der Waals surface area (Å²) in [5.41, 5.74) is 0. The second kappa shape index (κ2) is 6.11. The van der Waals surface area contributed by atoms with Crippen molar-refractivity contribution in [1.29, 1.82) is 0 Å². The summed E-state index contributed by atoms with van der Waals surface area (Å²) < 4.78 is 4.81. The van der Waals surface area contributed by atoms with Gasteiger partial charge < -0.3 is 10.1 Å². The maximum Gasteiger partial charge on any atom is 0.310 e. The second-order valence-corrected chi connectivity index (χ2v) is 4.76. The molecule has 1 unspecified atom stereocenters. The Hall–Kier alpha value is -0.570. The molecule has 88 valence electrons. The van der Waals surface area contributed by atoms with Gasteiger partial charge in [-0.15, -0.1) is 0 Å². The maximum atomic E-state index is 11.5. The fourth-order valence-electron chi connectivity index (χ4n) is 2.17. The van der Waals surface area contributed by atoms with Crippen LogP contribution < -0.4 is 5.32 Å². The minimum atomic E-state index is -0.0875. The molecule has 0 amide bonds. The Bertz CT molecular complexity index is 198. The molecule has 15 heavy (non-hydrogen) atoms. The van der Waals surface area contributed by atoms with Crippen molar-refractivity contribution in [3.8, 4) is 0 Å². The van der Waals surface area contributed by atoms with Crippen molar-refractivity contribution < 1.29 is 9.53 Å². The predicted molar refractivity (Wildman–Crippen MR) is 60.6 cm³/mol. The van der Waals surface area contributed by atoms with Gasteiger partial charge in [0.1, 0.15) is 0 Å². The van der Waals surface area contributed by atoms with E-state index in [0.29, 0.717) is 12.0 Å². The van der Waals surface area contributed by atoms with Crippen molar-refractivity contribution in [3.63, 3.8) is 0 Å². The van der Waals surface area contributed by atoms with E-state index in [1.165, 1.54) is 32.8 Å². The van der Waals surface area contributed by atoms with E-state index in [1.807, 2.05) is 0 Å². The van der Waals surface area contributed by atoms with Gasteiger partial charge in [-0.05, 0) is 18.8 Å². The molecule has 3 nitrogen and oxygen atoms in total. The van der Waals surface area contributed by atoms with Crippen molar-refractivity contribution in [3.05, 3.63) is 0 Å². The molecule has 1 atom stereocenters. The lowest BCUT2D eigenvalue weighted by molar-refractivity contribution is -0.146. The average molecular weight is 213 g/mol. The lowest BCUT2D eigenvalue weighted by Gasteiger charge is -2.21. The highest BCUT2D eigenvalue weighted by molar-refractivity contribution is 5.72. The molecule has 1 rings (SSSR count). The van der Waals surface area contributed by atoms with Gasteiger partial charge in [0.2, 0.25) is 0 Å². The Morgan fingerprint density at radius 1 is 1.40 bits per heavy atom. The number of ether oxygens (including phenoxy) is 1. The van der Waals surface area contributed by atoms with Crippen LogP contribution in [0.2, 0.25) is 0 Å². The van der Waals surface area contributed by atoms with Crippen LogP contribution >= 0.6 is 0 Å². The molecular weight excluding hydrogens is 190 g/mol. The fourth-order valence-corrected chi connectivity index (χ4v) is 2.17. The maximum absolute atomic E-state index is 11.5. The van der Waals surface area contributed by atoms with Gasteiger partial charge in [0.25, 0.3) is 0 Å². The number of carbonyl (C=O) groups is 1. The zero-order valence-electron chi connectivity index (χ0n) is 10.1. The van der Waals surface area contributed by atoms with E-state index < -0.39 is 0 Å². The van der Waals surface area contributed by atoms with Crippen molar-refractivity contribution in [1.82, 2.24) is 5.32 Å². The van der Waals surface area contributed by atoms with Gasteiger partial charge in [-0.3, -0.25) is 4.79 Å². The molecule has 0 saturated heterocycles. The molecular formula is C12H23NO2. The highest BCUT2D eigenvalue weighted by atomic mass is 16.5. The van der Waals surface area contributed by atoms with E-state index in [4.69, 9.17) is 4.74 Å². The molecule has 1 saturated carbocycles. The Morgan fingerprint density at radius 3 is 2.47 bits per heavy atom. The largest absolute Gasteiger partial charge is 0.469 e. The van der Waals surface area contributed by atoms with Crippen molar-refractivity contribution in [2.75, 3.05) is 13.7 Å². The molecule has 0 aromatic rings. The smallest absolute Gasteiger partial charge is 0.310 e. The number of esters is 1. The number of methoxy groups -OCH3 is 1. The Balaban J connectivity index is 2.33. The van der Waals surface area contributed by atoms with E-state index in [1.54, 1.807) is 0 Å². The molecule has 0 spiro atoms. The molecule has 1 aliphatic carbocycles. The first-order valence-electron chi connectivity index (χ1n) is 5.96. The summed E-state index contributed by atoms with van der Waals surface area (Å²) in [5, 5.41) is 3.48. The summed E-state index contributed by atoms with van der Waals surface area (Å²) >= 11 is 0. The van der Waals surface area contributed by atoms with Gasteiger partial charge >= 0.3 is 5.97 Å². The highest BCUT2D eigenvalue weighted by Crippen LogP contribution is 2.19. The lowest BCUT2D eigenvalue weighted by atomic mass is 9.95. The molecule has 0 radical (unpaired) electrons. The minimum Gasteiger partial charge on any atom is -0.469 e. The molecule has 3 heteroatoms. The van der Waals surface area contributed by atoms with Gasteiger partial charge in [-0.2, -0.15) is 0 Å². The van der Waals surface area contributed by atoms with E-state index in [9.17, 15) is 4.79 Å². The van der Waals surface area contributed by atoms with Gasteiger partial charge in [0, 0.05) is 12.6 Å². The summed E-state index contributed by atoms with van der Waals surface area (Å²) in [7, 11) is 1.47. The monoisotopic (exact) mass is 213 g/mol. The lowest BCUT2D eigenvalue weighted by Crippen LogP contribution is -2.37. The number of hydrogen-bond donors (Lipinski definition) is 1. The van der Waals surface area contributed by atoms with E-state index in [-0.39, 0.29) is 11.9 Å². The molecule has 0 aromatic carbocycles. The summed E-state index contributed by atoms with van der Waals surface area (Å²) in [6.45, 7) is 4.89. The third-order valence-electron chi connectivity index (χ3n) is 3.29. The first-order valence-corrected chi connectivity index (χ1v) is 5.96. The van der Waals surface area contributed by atoms with Crippen molar-refractivity contribution in [2.45, 2.75) is 45.6 Å². The normalized spacial score (nSPS) is 19.5. The Labute approximate surface area is 92.6 Å². The van der Waals surface area contributed by atoms with Gasteiger partial charge in [-0.1, -0.05) is 26.7 Å². The molecule has 1 aliphatic rings. The SMILES string of the molecule is COC(=O)C(CNC1CCCC1)C(C)C. The van der Waals surface area contributed by atoms with E-state index in [2.05, 4.69) is 19.2 Å². The number of nitrogens with one attached hydrogen (secondary N) is 1. The minimum absolute atomic E-state index is 0.00407. The molecule has 1 N–H and O–H groups in total. The zero-order valence-corrected chi connectivity index (χ0v) is 10.1. The van der Waals surface area contributed by atoms with Crippen LogP contribution in [0.3, 0.4) is 0 Å². The average Bonchev–Trinajstić information content (AvgIpc) is 2.70. The molecule has 0 bridgehead atoms. The third-order valence-corrected chi connectivity index (χ3v) is 3.29. The predicted octanol–water partition coefficient (Wildman–Crippen LogP) is 1.96. The van der Waals surface area contributed by atoms with Crippen LogP contribution in [0.5, 0.6) is 0 Å².